The molecule has 1 heterocycles. The van der Waals surface area contributed by atoms with E-state index in [2.05, 4.69) is 17.6 Å². The van der Waals surface area contributed by atoms with E-state index in [-0.39, 0.29) is 0 Å². The number of hydrogen-bond donors (Lipinski definition) is 2. The Labute approximate surface area is 87.8 Å². The van der Waals surface area contributed by atoms with Crippen molar-refractivity contribution in [1.29, 1.82) is 0 Å². The molecular formula is C12H24N2. The maximum Gasteiger partial charge on any atom is 0.0195 e. The first-order valence-electron chi connectivity index (χ1n) is 6.35. The summed E-state index contributed by atoms with van der Waals surface area (Å²) in [6, 6.07) is 1.59. The molecule has 0 aromatic carbocycles. The van der Waals surface area contributed by atoms with Crippen LogP contribution in [0.5, 0.6) is 0 Å². The third kappa shape index (κ3) is 2.71. The summed E-state index contributed by atoms with van der Waals surface area (Å²) < 4.78 is 0. The van der Waals surface area contributed by atoms with Crippen LogP contribution in [0.2, 0.25) is 0 Å². The van der Waals surface area contributed by atoms with E-state index in [0.29, 0.717) is 0 Å². The molecule has 0 bridgehead atoms. The molecule has 1 aliphatic carbocycles. The van der Waals surface area contributed by atoms with Crippen molar-refractivity contribution < 1.29 is 0 Å². The molecule has 14 heavy (non-hydrogen) atoms. The van der Waals surface area contributed by atoms with E-state index >= 15 is 0 Å². The maximum atomic E-state index is 3.67. The maximum absolute atomic E-state index is 3.67. The summed E-state index contributed by atoms with van der Waals surface area (Å²) in [5.41, 5.74) is 0. The second-order valence-electron chi connectivity index (χ2n) is 4.99. The van der Waals surface area contributed by atoms with Gasteiger partial charge in [0.25, 0.3) is 0 Å². The summed E-state index contributed by atoms with van der Waals surface area (Å²) in [5, 5.41) is 7.30. The Morgan fingerprint density at radius 2 is 2.14 bits per heavy atom. The minimum Gasteiger partial charge on any atom is -0.313 e. The lowest BCUT2D eigenvalue weighted by Gasteiger charge is -2.33. The van der Waals surface area contributed by atoms with Gasteiger partial charge < -0.3 is 10.6 Å². The molecule has 0 spiro atoms. The predicted octanol–water partition coefficient (Wildman–Crippen LogP) is 1.91. The van der Waals surface area contributed by atoms with Crippen molar-refractivity contribution in [2.45, 2.75) is 57.5 Å². The van der Waals surface area contributed by atoms with Gasteiger partial charge in [0.15, 0.2) is 0 Å². The molecule has 1 saturated carbocycles. The van der Waals surface area contributed by atoms with E-state index < -0.39 is 0 Å². The average Bonchev–Trinajstić information content (AvgIpc) is 2.16. The van der Waals surface area contributed by atoms with Crippen LogP contribution in [0.25, 0.3) is 0 Å². The fourth-order valence-corrected chi connectivity index (χ4v) is 2.54. The highest BCUT2D eigenvalue weighted by Crippen LogP contribution is 2.21. The SMILES string of the molecule is CCC1CCNC(CNC2CCC2)C1. The normalized spacial score (nSPS) is 34.1. The highest BCUT2D eigenvalue weighted by molar-refractivity contribution is 4.83. The van der Waals surface area contributed by atoms with Crippen molar-refractivity contribution in [3.63, 3.8) is 0 Å². The van der Waals surface area contributed by atoms with E-state index in [1.54, 1.807) is 0 Å². The lowest BCUT2D eigenvalue weighted by atomic mass is 9.89. The van der Waals surface area contributed by atoms with E-state index in [0.717, 1.165) is 18.0 Å². The zero-order valence-electron chi connectivity index (χ0n) is 9.39. The molecule has 2 aliphatic rings. The molecule has 2 rings (SSSR count). The van der Waals surface area contributed by atoms with Crippen molar-refractivity contribution in [1.82, 2.24) is 10.6 Å². The molecule has 0 amide bonds. The van der Waals surface area contributed by atoms with E-state index in [9.17, 15) is 0 Å². The Hall–Kier alpha value is -0.0800. The van der Waals surface area contributed by atoms with Crippen molar-refractivity contribution >= 4 is 0 Å². The Morgan fingerprint density at radius 1 is 1.29 bits per heavy atom. The Kier molecular flexibility index (Phi) is 3.82. The summed E-state index contributed by atoms with van der Waals surface area (Å²) in [7, 11) is 0. The quantitative estimate of drug-likeness (QED) is 0.717. The van der Waals surface area contributed by atoms with E-state index in [4.69, 9.17) is 0 Å². The lowest BCUT2D eigenvalue weighted by molar-refractivity contribution is 0.261. The zero-order chi connectivity index (χ0) is 9.80. The zero-order valence-corrected chi connectivity index (χ0v) is 9.39. The Balaban J connectivity index is 1.63. The van der Waals surface area contributed by atoms with Gasteiger partial charge in [-0.25, -0.2) is 0 Å². The molecule has 1 saturated heterocycles. The summed E-state index contributed by atoms with van der Waals surface area (Å²) in [6.45, 7) is 4.75. The van der Waals surface area contributed by atoms with Gasteiger partial charge in [0.1, 0.15) is 0 Å². The van der Waals surface area contributed by atoms with Gasteiger partial charge in [-0.15, -0.1) is 0 Å². The van der Waals surface area contributed by atoms with Crippen LogP contribution >= 0.6 is 0 Å². The fourth-order valence-electron chi connectivity index (χ4n) is 2.54. The smallest absolute Gasteiger partial charge is 0.0195 e. The van der Waals surface area contributed by atoms with Crippen molar-refractivity contribution in [3.8, 4) is 0 Å². The van der Waals surface area contributed by atoms with Crippen LogP contribution in [-0.4, -0.2) is 25.2 Å². The van der Waals surface area contributed by atoms with Crippen LogP contribution in [0.4, 0.5) is 0 Å². The Bertz CT molecular complexity index is 166. The van der Waals surface area contributed by atoms with Gasteiger partial charge in [-0.3, -0.25) is 0 Å². The summed E-state index contributed by atoms with van der Waals surface area (Å²) in [6.07, 6.45) is 8.38. The molecule has 82 valence electrons. The van der Waals surface area contributed by atoms with Gasteiger partial charge >= 0.3 is 0 Å². The van der Waals surface area contributed by atoms with Crippen molar-refractivity contribution in [2.24, 2.45) is 5.92 Å². The van der Waals surface area contributed by atoms with Gasteiger partial charge in [-0.1, -0.05) is 19.8 Å². The fraction of sp³-hybridized carbons (Fsp3) is 1.00. The average molecular weight is 196 g/mol. The van der Waals surface area contributed by atoms with Gasteiger partial charge in [0.2, 0.25) is 0 Å². The minimum atomic E-state index is 0.745. The Morgan fingerprint density at radius 3 is 2.79 bits per heavy atom. The monoisotopic (exact) mass is 196 g/mol. The highest BCUT2D eigenvalue weighted by atomic mass is 15.0. The first kappa shape index (κ1) is 10.4. The second-order valence-corrected chi connectivity index (χ2v) is 4.99. The summed E-state index contributed by atoms with van der Waals surface area (Å²) in [5.74, 6) is 0.976. The van der Waals surface area contributed by atoms with Crippen LogP contribution < -0.4 is 10.6 Å². The van der Waals surface area contributed by atoms with Crippen LogP contribution in [0, 0.1) is 5.92 Å². The molecule has 2 fully saturated rings. The number of piperidine rings is 1. The number of rotatable bonds is 4. The van der Waals surface area contributed by atoms with Gasteiger partial charge in [0.05, 0.1) is 0 Å². The van der Waals surface area contributed by atoms with E-state index in [1.165, 1.54) is 51.6 Å². The summed E-state index contributed by atoms with van der Waals surface area (Å²) >= 11 is 0. The molecule has 2 unspecified atom stereocenters. The van der Waals surface area contributed by atoms with E-state index in [1.807, 2.05) is 0 Å². The molecular weight excluding hydrogens is 172 g/mol. The van der Waals surface area contributed by atoms with Crippen LogP contribution in [0.1, 0.15) is 45.4 Å². The second kappa shape index (κ2) is 5.13. The first-order valence-corrected chi connectivity index (χ1v) is 6.35. The van der Waals surface area contributed by atoms with Gasteiger partial charge in [-0.05, 0) is 38.1 Å². The molecule has 0 aromatic heterocycles. The number of hydrogen-bond acceptors (Lipinski definition) is 2. The molecule has 2 nitrogen and oxygen atoms in total. The molecule has 1 aliphatic heterocycles. The predicted molar refractivity (Wildman–Crippen MR) is 60.4 cm³/mol. The van der Waals surface area contributed by atoms with Crippen LogP contribution in [-0.2, 0) is 0 Å². The topological polar surface area (TPSA) is 24.1 Å². The third-order valence-electron chi connectivity index (χ3n) is 3.94. The molecule has 0 aromatic rings. The highest BCUT2D eigenvalue weighted by Gasteiger charge is 2.22. The first-order chi connectivity index (χ1) is 6.88. The van der Waals surface area contributed by atoms with Crippen molar-refractivity contribution in [2.75, 3.05) is 13.1 Å². The molecule has 2 N–H and O–H groups in total. The largest absolute Gasteiger partial charge is 0.313 e. The summed E-state index contributed by atoms with van der Waals surface area (Å²) in [4.78, 5) is 0. The van der Waals surface area contributed by atoms with Crippen molar-refractivity contribution in [3.05, 3.63) is 0 Å². The third-order valence-corrected chi connectivity index (χ3v) is 3.94. The standard InChI is InChI=1S/C12H24N2/c1-2-10-6-7-13-12(8-10)9-14-11-4-3-5-11/h10-14H,2-9H2,1H3. The lowest BCUT2D eigenvalue weighted by Crippen LogP contribution is -2.48. The molecule has 0 radical (unpaired) electrons. The molecule has 2 heteroatoms. The van der Waals surface area contributed by atoms with Gasteiger partial charge in [-0.2, -0.15) is 0 Å². The molecule has 2 atom stereocenters. The van der Waals surface area contributed by atoms with Crippen LogP contribution in [0.3, 0.4) is 0 Å². The van der Waals surface area contributed by atoms with Gasteiger partial charge in [0, 0.05) is 18.6 Å². The minimum absolute atomic E-state index is 0.745. The number of nitrogens with one attached hydrogen (secondary N) is 2. The van der Waals surface area contributed by atoms with Crippen LogP contribution in [0.15, 0.2) is 0 Å².